The summed E-state index contributed by atoms with van der Waals surface area (Å²) in [6.07, 6.45) is 3.95. The van der Waals surface area contributed by atoms with Gasteiger partial charge in [-0.1, -0.05) is 30.3 Å². The molecule has 1 N–H and O–H groups in total. The second-order valence-electron chi connectivity index (χ2n) is 7.30. The largest absolute Gasteiger partial charge is 0.497 e. The number of rotatable bonds is 3. The number of methoxy groups -OCH3 is 1. The van der Waals surface area contributed by atoms with Crippen LogP contribution in [0.15, 0.2) is 66.6 Å². The number of carbonyl (C=O) groups excluding carboxylic acids is 1. The van der Waals surface area contributed by atoms with Crippen molar-refractivity contribution in [1.29, 1.82) is 0 Å². The molecule has 7 heteroatoms. The lowest BCUT2D eigenvalue weighted by Crippen LogP contribution is -2.40. The van der Waals surface area contributed by atoms with Crippen molar-refractivity contribution in [2.75, 3.05) is 12.4 Å². The number of Topliss-reactive ketones (excluding diaryl/α,β-unsaturated/α-hetero) is 1. The van der Waals surface area contributed by atoms with Gasteiger partial charge < -0.3 is 10.1 Å². The predicted octanol–water partition coefficient (Wildman–Crippen LogP) is 3.70. The minimum atomic E-state index is -0.413. The third-order valence-corrected chi connectivity index (χ3v) is 5.65. The van der Waals surface area contributed by atoms with Crippen LogP contribution in [0, 0.1) is 11.7 Å². The monoisotopic (exact) mass is 390 g/mol. The van der Waals surface area contributed by atoms with E-state index in [1.54, 1.807) is 23.9 Å². The standard InChI is InChI=1S/C22H19FN4O2/c1-29-17-8-4-13(5-9-17)15-10-18-20(19(28)11-15)21(14-2-6-16(23)7-3-14)27-22(26-18)24-12-25-27/h2-10,12,15,20-21H,11H2,1H3,(H,24,25,26)/t15-,20-,21-/m1/s1. The molecule has 6 nitrogen and oxygen atoms in total. The third-order valence-electron chi connectivity index (χ3n) is 5.65. The second-order valence-corrected chi connectivity index (χ2v) is 7.30. The zero-order valence-corrected chi connectivity index (χ0v) is 15.7. The van der Waals surface area contributed by atoms with Crippen molar-refractivity contribution >= 4 is 11.7 Å². The Bertz CT molecular complexity index is 1090. The number of hydrogen-bond donors (Lipinski definition) is 1. The molecule has 0 spiro atoms. The van der Waals surface area contributed by atoms with Crippen LogP contribution < -0.4 is 10.1 Å². The molecule has 0 unspecified atom stereocenters. The van der Waals surface area contributed by atoms with Crippen LogP contribution in [-0.4, -0.2) is 27.7 Å². The lowest BCUT2D eigenvalue weighted by molar-refractivity contribution is -0.123. The minimum absolute atomic E-state index is 0.0319. The number of hydrogen-bond acceptors (Lipinski definition) is 5. The summed E-state index contributed by atoms with van der Waals surface area (Å²) in [5.74, 6) is 0.712. The van der Waals surface area contributed by atoms with Crippen LogP contribution in [0.3, 0.4) is 0 Å². The van der Waals surface area contributed by atoms with Gasteiger partial charge in [0.2, 0.25) is 5.95 Å². The molecule has 1 aliphatic heterocycles. The molecule has 29 heavy (non-hydrogen) atoms. The molecule has 0 bridgehead atoms. The van der Waals surface area contributed by atoms with Gasteiger partial charge >= 0.3 is 0 Å². The van der Waals surface area contributed by atoms with Crippen molar-refractivity contribution in [2.24, 2.45) is 5.92 Å². The Labute approximate surface area is 167 Å². The maximum Gasteiger partial charge on any atom is 0.226 e. The average Bonchev–Trinajstić information content (AvgIpc) is 3.21. The van der Waals surface area contributed by atoms with Gasteiger partial charge in [-0.25, -0.2) is 9.07 Å². The quantitative estimate of drug-likeness (QED) is 0.739. The molecule has 3 aromatic rings. The first-order valence-corrected chi connectivity index (χ1v) is 9.44. The summed E-state index contributed by atoms with van der Waals surface area (Å²) in [5, 5.41) is 7.59. The first-order chi connectivity index (χ1) is 14.1. The van der Waals surface area contributed by atoms with Gasteiger partial charge in [0.15, 0.2) is 0 Å². The molecule has 3 atom stereocenters. The number of aromatic nitrogens is 3. The van der Waals surface area contributed by atoms with Crippen LogP contribution >= 0.6 is 0 Å². The number of benzene rings is 2. The van der Waals surface area contributed by atoms with Gasteiger partial charge in [0.25, 0.3) is 0 Å². The number of ketones is 1. The number of nitrogens with one attached hydrogen (secondary N) is 1. The molecule has 0 radical (unpaired) electrons. The van der Waals surface area contributed by atoms with Gasteiger partial charge in [0.1, 0.15) is 23.7 Å². The van der Waals surface area contributed by atoms with Crippen LogP contribution in [0.5, 0.6) is 5.75 Å². The minimum Gasteiger partial charge on any atom is -0.497 e. The van der Waals surface area contributed by atoms with E-state index in [-0.39, 0.29) is 23.6 Å². The van der Waals surface area contributed by atoms with Crippen molar-refractivity contribution < 1.29 is 13.9 Å². The van der Waals surface area contributed by atoms with E-state index in [2.05, 4.69) is 21.5 Å². The van der Waals surface area contributed by atoms with Crippen LogP contribution in [0.4, 0.5) is 10.3 Å². The Morgan fingerprint density at radius 3 is 2.55 bits per heavy atom. The highest BCUT2D eigenvalue weighted by Crippen LogP contribution is 2.44. The molecule has 146 valence electrons. The first kappa shape index (κ1) is 17.6. The molecular weight excluding hydrogens is 371 g/mol. The number of fused-ring (bicyclic) bond motifs is 2. The molecule has 2 aliphatic rings. The van der Waals surface area contributed by atoms with E-state index in [0.29, 0.717) is 12.4 Å². The Morgan fingerprint density at radius 2 is 1.83 bits per heavy atom. The lowest BCUT2D eigenvalue weighted by Gasteiger charge is -2.38. The van der Waals surface area contributed by atoms with Crippen LogP contribution in [0.25, 0.3) is 0 Å². The fourth-order valence-electron chi connectivity index (χ4n) is 4.23. The van der Waals surface area contributed by atoms with Crippen molar-refractivity contribution in [3.05, 3.63) is 83.6 Å². The molecule has 2 heterocycles. The highest BCUT2D eigenvalue weighted by atomic mass is 19.1. The van der Waals surface area contributed by atoms with E-state index in [1.807, 2.05) is 24.3 Å². The Balaban J connectivity index is 1.57. The van der Waals surface area contributed by atoms with E-state index >= 15 is 0 Å². The number of anilines is 1. The zero-order valence-electron chi connectivity index (χ0n) is 15.7. The molecular formula is C22H19FN4O2. The van der Waals surface area contributed by atoms with Crippen molar-refractivity contribution in [2.45, 2.75) is 18.4 Å². The Kier molecular flexibility index (Phi) is 4.16. The summed E-state index contributed by atoms with van der Waals surface area (Å²) in [4.78, 5) is 17.6. The average molecular weight is 390 g/mol. The second kappa shape index (κ2) is 6.84. The van der Waals surface area contributed by atoms with E-state index in [1.165, 1.54) is 18.5 Å². The van der Waals surface area contributed by atoms with Gasteiger partial charge in [-0.15, -0.1) is 0 Å². The normalized spacial score (nSPS) is 22.9. The molecule has 0 fully saturated rings. The summed E-state index contributed by atoms with van der Waals surface area (Å²) in [6, 6.07) is 13.6. The number of allylic oxidation sites excluding steroid dienone is 2. The number of ether oxygens (including phenoxy) is 1. The molecule has 5 rings (SSSR count). The first-order valence-electron chi connectivity index (χ1n) is 9.44. The van der Waals surface area contributed by atoms with Crippen LogP contribution in [-0.2, 0) is 4.79 Å². The summed E-state index contributed by atoms with van der Waals surface area (Å²) >= 11 is 0. The summed E-state index contributed by atoms with van der Waals surface area (Å²) in [6.45, 7) is 0. The summed E-state index contributed by atoms with van der Waals surface area (Å²) in [5.41, 5.74) is 2.70. The fraction of sp³-hybridized carbons (Fsp3) is 0.227. The van der Waals surface area contributed by atoms with Gasteiger partial charge in [-0.2, -0.15) is 10.1 Å². The van der Waals surface area contributed by atoms with Gasteiger partial charge in [0, 0.05) is 18.0 Å². The van der Waals surface area contributed by atoms with Crippen molar-refractivity contribution in [3.8, 4) is 5.75 Å². The summed E-state index contributed by atoms with van der Waals surface area (Å²) in [7, 11) is 1.63. The Hall–Kier alpha value is -3.48. The van der Waals surface area contributed by atoms with E-state index < -0.39 is 5.92 Å². The molecule has 0 saturated heterocycles. The molecule has 2 aromatic carbocycles. The highest BCUT2D eigenvalue weighted by molar-refractivity contribution is 5.88. The van der Waals surface area contributed by atoms with E-state index in [9.17, 15) is 9.18 Å². The van der Waals surface area contributed by atoms with Gasteiger partial charge in [-0.05, 0) is 35.4 Å². The Morgan fingerprint density at radius 1 is 1.10 bits per heavy atom. The topological polar surface area (TPSA) is 69.0 Å². The van der Waals surface area contributed by atoms with Crippen molar-refractivity contribution in [3.63, 3.8) is 0 Å². The molecule has 0 amide bonds. The SMILES string of the molecule is COc1ccc([C@@H]2C=C3Nc4ncnn4[C@H](c4ccc(F)cc4)[C@H]3C(=O)C2)cc1. The highest BCUT2D eigenvalue weighted by Gasteiger charge is 2.43. The third kappa shape index (κ3) is 2.99. The van der Waals surface area contributed by atoms with E-state index in [4.69, 9.17) is 4.74 Å². The van der Waals surface area contributed by atoms with E-state index in [0.717, 1.165) is 22.6 Å². The van der Waals surface area contributed by atoms with Crippen LogP contribution in [0.2, 0.25) is 0 Å². The molecule has 1 aliphatic carbocycles. The molecule has 0 saturated carbocycles. The summed E-state index contributed by atoms with van der Waals surface area (Å²) < 4.78 is 20.4. The van der Waals surface area contributed by atoms with Crippen LogP contribution in [0.1, 0.15) is 29.5 Å². The van der Waals surface area contributed by atoms with Gasteiger partial charge in [0.05, 0.1) is 19.1 Å². The zero-order chi connectivity index (χ0) is 20.0. The number of carbonyl (C=O) groups is 1. The maximum absolute atomic E-state index is 13.5. The number of nitrogens with zero attached hydrogens (tertiary/aromatic N) is 3. The number of halogens is 1. The maximum atomic E-state index is 13.5. The fourth-order valence-corrected chi connectivity index (χ4v) is 4.23. The van der Waals surface area contributed by atoms with Crippen molar-refractivity contribution in [1.82, 2.24) is 14.8 Å². The lowest BCUT2D eigenvalue weighted by atomic mass is 9.75. The predicted molar refractivity (Wildman–Crippen MR) is 105 cm³/mol. The molecule has 1 aromatic heterocycles. The smallest absolute Gasteiger partial charge is 0.226 e. The van der Waals surface area contributed by atoms with Gasteiger partial charge in [-0.3, -0.25) is 4.79 Å².